The predicted octanol–water partition coefficient (Wildman–Crippen LogP) is 4.22. The molecule has 0 spiro atoms. The Labute approximate surface area is 176 Å². The highest BCUT2D eigenvalue weighted by Gasteiger charge is 2.35. The first kappa shape index (κ1) is 20.5. The van der Waals surface area contributed by atoms with Crippen LogP contribution in [-0.4, -0.2) is 46.2 Å². The third-order valence-electron chi connectivity index (χ3n) is 6.28. The van der Waals surface area contributed by atoms with Crippen molar-refractivity contribution < 1.29 is 14.0 Å². The first-order valence-corrected chi connectivity index (χ1v) is 10.9. The van der Waals surface area contributed by atoms with Gasteiger partial charge in [-0.3, -0.25) is 14.6 Å². The fraction of sp³-hybridized carbons (Fsp3) is 0.458. The molecular formula is C24H28FN3O2. The lowest BCUT2D eigenvalue weighted by Gasteiger charge is -2.37. The van der Waals surface area contributed by atoms with E-state index in [1.807, 2.05) is 17.0 Å². The zero-order valence-electron chi connectivity index (χ0n) is 17.2. The van der Waals surface area contributed by atoms with Gasteiger partial charge in [-0.05, 0) is 67.6 Å². The molecule has 6 heteroatoms. The second kappa shape index (κ2) is 9.37. The van der Waals surface area contributed by atoms with E-state index in [9.17, 15) is 14.0 Å². The summed E-state index contributed by atoms with van der Waals surface area (Å²) >= 11 is 0. The molecule has 4 rings (SSSR count). The Morgan fingerprint density at radius 3 is 2.43 bits per heavy atom. The molecule has 2 amide bonds. The van der Waals surface area contributed by atoms with E-state index in [4.69, 9.17) is 0 Å². The van der Waals surface area contributed by atoms with Crippen LogP contribution in [0.15, 0.2) is 48.8 Å². The van der Waals surface area contributed by atoms with Gasteiger partial charge in [-0.2, -0.15) is 0 Å². The lowest BCUT2D eigenvalue weighted by molar-refractivity contribution is -0.139. The van der Waals surface area contributed by atoms with Crippen molar-refractivity contribution in [1.29, 1.82) is 0 Å². The highest BCUT2D eigenvalue weighted by Crippen LogP contribution is 2.32. The maximum absolute atomic E-state index is 13.6. The van der Waals surface area contributed by atoms with Gasteiger partial charge in [0, 0.05) is 37.6 Å². The molecule has 2 fully saturated rings. The molecule has 3 heterocycles. The van der Waals surface area contributed by atoms with E-state index < -0.39 is 0 Å². The number of hydrogen-bond acceptors (Lipinski definition) is 3. The van der Waals surface area contributed by atoms with Gasteiger partial charge < -0.3 is 9.80 Å². The normalized spacial score (nSPS) is 22.4. The fourth-order valence-corrected chi connectivity index (χ4v) is 4.68. The zero-order chi connectivity index (χ0) is 20.9. The summed E-state index contributed by atoms with van der Waals surface area (Å²) in [5, 5.41) is 0. The summed E-state index contributed by atoms with van der Waals surface area (Å²) < 4.78 is 13.2. The molecule has 2 saturated heterocycles. The van der Waals surface area contributed by atoms with Crippen molar-refractivity contribution in [2.75, 3.05) is 19.6 Å². The van der Waals surface area contributed by atoms with Gasteiger partial charge in [0.2, 0.25) is 5.91 Å². The van der Waals surface area contributed by atoms with Crippen molar-refractivity contribution in [2.24, 2.45) is 5.92 Å². The number of piperidine rings is 1. The molecule has 0 aliphatic carbocycles. The maximum Gasteiger partial charge on any atom is 0.253 e. The smallest absolute Gasteiger partial charge is 0.253 e. The molecular weight excluding hydrogens is 381 g/mol. The number of halogens is 1. The van der Waals surface area contributed by atoms with Crippen LogP contribution in [-0.2, 0) is 4.79 Å². The van der Waals surface area contributed by atoms with Gasteiger partial charge in [-0.15, -0.1) is 0 Å². The molecule has 158 valence electrons. The second-order valence-electron chi connectivity index (χ2n) is 8.27. The van der Waals surface area contributed by atoms with Gasteiger partial charge in [0.05, 0.1) is 12.0 Å². The number of carbonyl (C=O) groups is 2. The van der Waals surface area contributed by atoms with Crippen molar-refractivity contribution >= 4 is 11.8 Å². The molecule has 2 atom stereocenters. The van der Waals surface area contributed by atoms with E-state index in [-0.39, 0.29) is 29.6 Å². The van der Waals surface area contributed by atoms with E-state index >= 15 is 0 Å². The monoisotopic (exact) mass is 409 g/mol. The van der Waals surface area contributed by atoms with Crippen LogP contribution in [0.25, 0.3) is 0 Å². The van der Waals surface area contributed by atoms with Gasteiger partial charge in [0.15, 0.2) is 0 Å². The molecule has 5 nitrogen and oxygen atoms in total. The third kappa shape index (κ3) is 4.53. The maximum atomic E-state index is 13.6. The predicted molar refractivity (Wildman–Crippen MR) is 112 cm³/mol. The Kier molecular flexibility index (Phi) is 6.41. The van der Waals surface area contributed by atoms with Crippen molar-refractivity contribution in [2.45, 2.75) is 44.6 Å². The van der Waals surface area contributed by atoms with Crippen LogP contribution in [0.1, 0.15) is 60.5 Å². The molecule has 0 saturated carbocycles. The Morgan fingerprint density at radius 1 is 0.900 bits per heavy atom. The van der Waals surface area contributed by atoms with E-state index in [2.05, 4.69) is 4.98 Å². The van der Waals surface area contributed by atoms with Crippen LogP contribution in [0, 0.1) is 11.7 Å². The van der Waals surface area contributed by atoms with Crippen molar-refractivity contribution in [3.05, 3.63) is 65.7 Å². The Hall–Kier alpha value is -2.76. The minimum Gasteiger partial charge on any atom is -0.338 e. The first-order chi connectivity index (χ1) is 14.6. The largest absolute Gasteiger partial charge is 0.338 e. The third-order valence-corrected chi connectivity index (χ3v) is 6.28. The van der Waals surface area contributed by atoms with Crippen molar-refractivity contribution in [3.8, 4) is 0 Å². The number of benzene rings is 1. The first-order valence-electron chi connectivity index (χ1n) is 10.9. The molecule has 1 aromatic heterocycles. The molecule has 0 radical (unpaired) electrons. The number of likely N-dealkylation sites (tertiary alicyclic amines) is 2. The summed E-state index contributed by atoms with van der Waals surface area (Å²) in [5.41, 5.74) is 1.60. The average molecular weight is 410 g/mol. The molecule has 2 unspecified atom stereocenters. The summed E-state index contributed by atoms with van der Waals surface area (Å²) in [5.74, 6) is -0.531. The molecule has 1 aromatic carbocycles. The van der Waals surface area contributed by atoms with E-state index in [1.54, 1.807) is 17.3 Å². The molecule has 30 heavy (non-hydrogen) atoms. The minimum atomic E-state index is -0.360. The van der Waals surface area contributed by atoms with E-state index in [1.165, 1.54) is 24.3 Å². The van der Waals surface area contributed by atoms with Gasteiger partial charge in [0.1, 0.15) is 5.82 Å². The summed E-state index contributed by atoms with van der Waals surface area (Å²) in [6, 6.07) is 9.70. The summed E-state index contributed by atoms with van der Waals surface area (Å²) in [4.78, 5) is 34.3. The van der Waals surface area contributed by atoms with Crippen LogP contribution in [0.3, 0.4) is 0 Å². The van der Waals surface area contributed by atoms with Crippen molar-refractivity contribution in [3.63, 3.8) is 0 Å². The van der Waals surface area contributed by atoms with Gasteiger partial charge in [-0.25, -0.2) is 4.39 Å². The molecule has 0 bridgehead atoms. The van der Waals surface area contributed by atoms with Gasteiger partial charge in [-0.1, -0.05) is 12.8 Å². The number of hydrogen-bond donors (Lipinski definition) is 0. The van der Waals surface area contributed by atoms with E-state index in [0.29, 0.717) is 18.7 Å². The number of aromatic nitrogens is 1. The standard InChI is InChI=1S/C24H28FN3O2/c25-21-9-7-19(8-10-21)23(29)27-15-4-5-20(17-27)24(30)28-16-3-1-2-6-22(28)18-11-13-26-14-12-18/h7-14,20,22H,1-6,15-17H2. The highest BCUT2D eigenvalue weighted by atomic mass is 19.1. The average Bonchev–Trinajstić information content (AvgIpc) is 3.05. The number of rotatable bonds is 3. The Bertz CT molecular complexity index is 872. The lowest BCUT2D eigenvalue weighted by atomic mass is 9.94. The molecule has 2 aliphatic rings. The van der Waals surface area contributed by atoms with Crippen LogP contribution >= 0.6 is 0 Å². The SMILES string of the molecule is O=C(c1ccc(F)cc1)N1CCCC(C(=O)N2CCCCCC2c2ccncc2)C1. The summed E-state index contributed by atoms with van der Waals surface area (Å²) in [6.45, 7) is 1.82. The number of pyridine rings is 1. The fourth-order valence-electron chi connectivity index (χ4n) is 4.68. The zero-order valence-corrected chi connectivity index (χ0v) is 17.2. The lowest BCUT2D eigenvalue weighted by Crippen LogP contribution is -2.47. The number of nitrogens with zero attached hydrogens (tertiary/aromatic N) is 3. The number of carbonyl (C=O) groups excluding carboxylic acids is 2. The Morgan fingerprint density at radius 2 is 1.67 bits per heavy atom. The quantitative estimate of drug-likeness (QED) is 0.763. The van der Waals surface area contributed by atoms with Crippen LogP contribution < -0.4 is 0 Å². The minimum absolute atomic E-state index is 0.0752. The molecule has 2 aliphatic heterocycles. The van der Waals surface area contributed by atoms with Crippen molar-refractivity contribution in [1.82, 2.24) is 14.8 Å². The molecule has 2 aromatic rings. The van der Waals surface area contributed by atoms with Gasteiger partial charge in [0.25, 0.3) is 5.91 Å². The van der Waals surface area contributed by atoms with Crippen LogP contribution in [0.5, 0.6) is 0 Å². The summed E-state index contributed by atoms with van der Waals surface area (Å²) in [7, 11) is 0. The van der Waals surface area contributed by atoms with Crippen LogP contribution in [0.2, 0.25) is 0 Å². The second-order valence-corrected chi connectivity index (χ2v) is 8.27. The summed E-state index contributed by atoms with van der Waals surface area (Å²) in [6.07, 6.45) is 9.38. The number of amides is 2. The highest BCUT2D eigenvalue weighted by molar-refractivity contribution is 5.94. The topological polar surface area (TPSA) is 53.5 Å². The van der Waals surface area contributed by atoms with E-state index in [0.717, 1.165) is 50.6 Å². The molecule has 0 N–H and O–H groups in total. The van der Waals surface area contributed by atoms with Crippen LogP contribution in [0.4, 0.5) is 4.39 Å². The Balaban J connectivity index is 1.49. The van der Waals surface area contributed by atoms with Gasteiger partial charge >= 0.3 is 0 Å².